The molecule has 2 aromatic heterocycles. The molecular formula is C21H21N3O6S. The zero-order valence-electron chi connectivity index (χ0n) is 17.2. The van der Waals surface area contributed by atoms with Crippen molar-refractivity contribution in [1.29, 1.82) is 0 Å². The highest BCUT2D eigenvalue weighted by atomic mass is 32.1. The van der Waals surface area contributed by atoms with Crippen molar-refractivity contribution in [2.75, 3.05) is 19.0 Å². The van der Waals surface area contributed by atoms with Crippen molar-refractivity contribution in [2.24, 2.45) is 0 Å². The first kappa shape index (κ1) is 22.0. The maximum Gasteiger partial charge on any atom is 0.348 e. The van der Waals surface area contributed by atoms with E-state index < -0.39 is 17.8 Å². The molecule has 0 saturated carbocycles. The van der Waals surface area contributed by atoms with Gasteiger partial charge in [0.05, 0.1) is 19.3 Å². The number of para-hydroxylation sites is 1. The van der Waals surface area contributed by atoms with Crippen LogP contribution in [-0.4, -0.2) is 41.3 Å². The van der Waals surface area contributed by atoms with Gasteiger partial charge < -0.3 is 19.5 Å². The molecule has 2 heterocycles. The molecule has 162 valence electrons. The summed E-state index contributed by atoms with van der Waals surface area (Å²) in [6, 6.07) is 10.7. The molecule has 31 heavy (non-hydrogen) atoms. The summed E-state index contributed by atoms with van der Waals surface area (Å²) in [5.41, 5.74) is 0.611. The molecule has 0 saturated heterocycles. The van der Waals surface area contributed by atoms with Crippen LogP contribution in [-0.2, 0) is 16.2 Å². The molecule has 1 amide bonds. The Hall–Kier alpha value is -3.66. The number of carbonyl (C=O) groups excluding carboxylic acids is 3. The number of aromatic nitrogens is 2. The number of hydrogen-bond acceptors (Lipinski definition) is 8. The van der Waals surface area contributed by atoms with Gasteiger partial charge in [0.25, 0.3) is 5.91 Å². The first-order chi connectivity index (χ1) is 14.9. The fourth-order valence-corrected chi connectivity index (χ4v) is 3.80. The van der Waals surface area contributed by atoms with Gasteiger partial charge in [0.15, 0.2) is 12.4 Å². The van der Waals surface area contributed by atoms with E-state index in [1.807, 2.05) is 30.3 Å². The summed E-state index contributed by atoms with van der Waals surface area (Å²) in [5, 5.41) is 7.02. The molecule has 1 aromatic carbocycles. The van der Waals surface area contributed by atoms with E-state index in [1.165, 1.54) is 17.9 Å². The molecule has 0 aliphatic carbocycles. The van der Waals surface area contributed by atoms with Crippen molar-refractivity contribution < 1.29 is 28.6 Å². The Balaban J connectivity index is 1.76. The highest BCUT2D eigenvalue weighted by molar-refractivity contribution is 7.18. The lowest BCUT2D eigenvalue weighted by atomic mass is 10.1. The van der Waals surface area contributed by atoms with Gasteiger partial charge in [0.1, 0.15) is 15.6 Å². The van der Waals surface area contributed by atoms with Crippen molar-refractivity contribution in [2.45, 2.75) is 20.6 Å². The predicted molar refractivity (Wildman–Crippen MR) is 114 cm³/mol. The lowest BCUT2D eigenvalue weighted by molar-refractivity contribution is 0.0531. The fourth-order valence-electron chi connectivity index (χ4n) is 2.72. The van der Waals surface area contributed by atoms with E-state index in [-0.39, 0.29) is 34.5 Å². The van der Waals surface area contributed by atoms with E-state index in [0.717, 1.165) is 11.3 Å². The fraction of sp³-hybridized carbons (Fsp3) is 0.238. The third-order valence-electron chi connectivity index (χ3n) is 4.20. The minimum atomic E-state index is -0.665. The molecule has 0 radical (unpaired) electrons. The van der Waals surface area contributed by atoms with Crippen LogP contribution < -0.4 is 10.1 Å². The number of rotatable bonds is 8. The Labute approximate surface area is 182 Å². The van der Waals surface area contributed by atoms with Crippen LogP contribution in [0.3, 0.4) is 0 Å². The van der Waals surface area contributed by atoms with Crippen molar-refractivity contribution in [3.8, 4) is 5.75 Å². The molecule has 0 spiro atoms. The highest BCUT2D eigenvalue weighted by Crippen LogP contribution is 2.34. The summed E-state index contributed by atoms with van der Waals surface area (Å²) in [6.07, 6.45) is 1.60. The van der Waals surface area contributed by atoms with Gasteiger partial charge in [0, 0.05) is 6.20 Å². The Kier molecular flexibility index (Phi) is 7.03. The van der Waals surface area contributed by atoms with Crippen LogP contribution in [0.15, 0.2) is 42.6 Å². The quantitative estimate of drug-likeness (QED) is 0.531. The van der Waals surface area contributed by atoms with Gasteiger partial charge in [0.2, 0.25) is 0 Å². The molecule has 9 nitrogen and oxygen atoms in total. The van der Waals surface area contributed by atoms with Crippen LogP contribution in [0.5, 0.6) is 5.75 Å². The second-order valence-electron chi connectivity index (χ2n) is 6.25. The van der Waals surface area contributed by atoms with Crippen LogP contribution in [0.1, 0.15) is 43.0 Å². The van der Waals surface area contributed by atoms with Gasteiger partial charge in [-0.25, -0.2) is 14.3 Å². The number of hydrogen-bond donors (Lipinski definition) is 1. The Morgan fingerprint density at radius 2 is 1.87 bits per heavy atom. The number of benzene rings is 1. The summed E-state index contributed by atoms with van der Waals surface area (Å²) in [4.78, 5) is 37.3. The summed E-state index contributed by atoms with van der Waals surface area (Å²) in [6.45, 7) is 3.59. The summed E-state index contributed by atoms with van der Waals surface area (Å²) >= 11 is 0.949. The number of nitrogens with zero attached hydrogens (tertiary/aromatic N) is 2. The van der Waals surface area contributed by atoms with E-state index in [4.69, 9.17) is 14.2 Å². The average Bonchev–Trinajstić information content (AvgIpc) is 3.37. The van der Waals surface area contributed by atoms with Gasteiger partial charge >= 0.3 is 11.9 Å². The van der Waals surface area contributed by atoms with Crippen LogP contribution in [0, 0.1) is 6.92 Å². The minimum Gasteiger partial charge on any atom is -0.471 e. The van der Waals surface area contributed by atoms with E-state index in [9.17, 15) is 14.4 Å². The molecule has 0 atom stereocenters. The first-order valence-corrected chi connectivity index (χ1v) is 10.2. The average molecular weight is 443 g/mol. The Bertz CT molecular complexity index is 1090. The number of esters is 2. The zero-order chi connectivity index (χ0) is 22.4. The van der Waals surface area contributed by atoms with Crippen molar-refractivity contribution in [3.05, 3.63) is 64.3 Å². The molecule has 0 aliphatic rings. The third-order valence-corrected chi connectivity index (χ3v) is 5.39. The number of anilines is 1. The van der Waals surface area contributed by atoms with E-state index in [2.05, 4.69) is 10.4 Å². The topological polar surface area (TPSA) is 109 Å². The Morgan fingerprint density at radius 3 is 2.55 bits per heavy atom. The minimum absolute atomic E-state index is 0.107. The molecular weight excluding hydrogens is 422 g/mol. The first-order valence-electron chi connectivity index (χ1n) is 9.36. The van der Waals surface area contributed by atoms with E-state index in [1.54, 1.807) is 20.0 Å². The number of methoxy groups -OCH3 is 1. The smallest absolute Gasteiger partial charge is 0.348 e. The maximum absolute atomic E-state index is 12.7. The number of thiophene rings is 1. The third kappa shape index (κ3) is 5.10. The van der Waals surface area contributed by atoms with Gasteiger partial charge in [-0.2, -0.15) is 5.10 Å². The maximum atomic E-state index is 12.7. The summed E-state index contributed by atoms with van der Waals surface area (Å²) in [7, 11) is 1.23. The van der Waals surface area contributed by atoms with Crippen molar-refractivity contribution >= 4 is 34.2 Å². The molecule has 0 bridgehead atoms. The SMILES string of the molecule is CCOC(=O)c1sc(NC(=O)c2ccn(COc3ccccc3)n2)c(C(=O)OC)c1C. The van der Waals surface area contributed by atoms with Crippen LogP contribution in [0.4, 0.5) is 5.00 Å². The normalized spacial score (nSPS) is 10.4. The van der Waals surface area contributed by atoms with Gasteiger partial charge in [-0.3, -0.25) is 4.79 Å². The number of carbonyl (C=O) groups is 3. The predicted octanol–water partition coefficient (Wildman–Crippen LogP) is 3.51. The summed E-state index contributed by atoms with van der Waals surface area (Å²) in [5.74, 6) is -1.10. The zero-order valence-corrected chi connectivity index (χ0v) is 18.0. The number of ether oxygens (including phenoxy) is 3. The molecule has 0 aliphatic heterocycles. The van der Waals surface area contributed by atoms with E-state index >= 15 is 0 Å². The molecule has 3 aromatic rings. The number of nitrogens with one attached hydrogen (secondary N) is 1. The van der Waals surface area contributed by atoms with Crippen LogP contribution in [0.25, 0.3) is 0 Å². The molecule has 0 unspecified atom stereocenters. The highest BCUT2D eigenvalue weighted by Gasteiger charge is 2.27. The largest absolute Gasteiger partial charge is 0.471 e. The second-order valence-corrected chi connectivity index (χ2v) is 7.27. The van der Waals surface area contributed by atoms with Crippen LogP contribution in [0.2, 0.25) is 0 Å². The van der Waals surface area contributed by atoms with Gasteiger partial charge in [-0.1, -0.05) is 18.2 Å². The summed E-state index contributed by atoms with van der Waals surface area (Å²) < 4.78 is 16.9. The van der Waals surface area contributed by atoms with Gasteiger partial charge in [-0.05, 0) is 37.6 Å². The molecule has 10 heteroatoms. The molecule has 1 N–H and O–H groups in total. The molecule has 3 rings (SSSR count). The van der Waals surface area contributed by atoms with Crippen LogP contribution >= 0.6 is 11.3 Å². The van der Waals surface area contributed by atoms with E-state index in [0.29, 0.717) is 11.3 Å². The lowest BCUT2D eigenvalue weighted by Gasteiger charge is -2.06. The number of amides is 1. The molecule has 0 fully saturated rings. The Morgan fingerprint density at radius 1 is 1.13 bits per heavy atom. The van der Waals surface area contributed by atoms with Crippen molar-refractivity contribution in [1.82, 2.24) is 9.78 Å². The van der Waals surface area contributed by atoms with Crippen molar-refractivity contribution in [3.63, 3.8) is 0 Å². The standard InChI is InChI=1S/C21H21N3O6S/c1-4-29-21(27)17-13(2)16(20(26)28-3)19(31-17)22-18(25)15-10-11-24(23-15)12-30-14-8-6-5-7-9-14/h5-11H,4,12H2,1-3H3,(H,22,25). The lowest BCUT2D eigenvalue weighted by Crippen LogP contribution is -2.16. The van der Waals surface area contributed by atoms with Gasteiger partial charge in [-0.15, -0.1) is 11.3 Å². The monoisotopic (exact) mass is 443 g/mol. The second kappa shape index (κ2) is 9.90.